The lowest BCUT2D eigenvalue weighted by atomic mass is 10.0. The van der Waals surface area contributed by atoms with E-state index in [2.05, 4.69) is 5.32 Å². The van der Waals surface area contributed by atoms with Gasteiger partial charge >= 0.3 is 6.09 Å². The number of benzene rings is 1. The summed E-state index contributed by atoms with van der Waals surface area (Å²) >= 11 is 0. The fourth-order valence-electron chi connectivity index (χ4n) is 2.13. The molecule has 0 fully saturated rings. The molecule has 1 aromatic carbocycles. The number of hydrogen-bond donors (Lipinski definition) is 1. The predicted octanol–water partition coefficient (Wildman–Crippen LogP) is 2.30. The van der Waals surface area contributed by atoms with Crippen LogP contribution < -0.4 is 14.8 Å². The van der Waals surface area contributed by atoms with E-state index in [9.17, 15) is 9.59 Å². The van der Waals surface area contributed by atoms with Crippen molar-refractivity contribution in [1.29, 1.82) is 0 Å². The van der Waals surface area contributed by atoms with Crippen LogP contribution >= 0.6 is 0 Å². The third-order valence-electron chi connectivity index (χ3n) is 3.61. The highest BCUT2D eigenvalue weighted by atomic mass is 16.5. The Morgan fingerprint density at radius 3 is 2.28 bits per heavy atom. The Balaban J connectivity index is 2.50. The molecule has 0 bridgehead atoms. The van der Waals surface area contributed by atoms with Crippen molar-refractivity contribution in [3.8, 4) is 11.5 Å². The van der Waals surface area contributed by atoms with Crippen molar-refractivity contribution in [1.82, 2.24) is 10.2 Å². The van der Waals surface area contributed by atoms with Gasteiger partial charge in [-0.1, -0.05) is 13.8 Å². The number of carbonyl (C=O) groups is 2. The molecule has 0 heterocycles. The monoisotopic (exact) mass is 352 g/mol. The van der Waals surface area contributed by atoms with Crippen molar-refractivity contribution in [2.45, 2.75) is 26.8 Å². The molecule has 1 unspecified atom stereocenters. The van der Waals surface area contributed by atoms with Crippen LogP contribution in [-0.4, -0.2) is 56.9 Å². The van der Waals surface area contributed by atoms with Gasteiger partial charge in [-0.2, -0.15) is 0 Å². The molecule has 7 heteroatoms. The van der Waals surface area contributed by atoms with Gasteiger partial charge in [0.25, 0.3) is 0 Å². The summed E-state index contributed by atoms with van der Waals surface area (Å²) in [5.74, 6) is 1.22. The van der Waals surface area contributed by atoms with E-state index in [4.69, 9.17) is 14.2 Å². The van der Waals surface area contributed by atoms with Gasteiger partial charge in [0.05, 0.1) is 20.3 Å². The van der Waals surface area contributed by atoms with Gasteiger partial charge in [0.1, 0.15) is 24.1 Å². The van der Waals surface area contributed by atoms with E-state index in [1.54, 1.807) is 38.1 Å². The molecule has 0 spiro atoms. The largest absolute Gasteiger partial charge is 0.497 e. The lowest BCUT2D eigenvalue weighted by Gasteiger charge is -2.26. The van der Waals surface area contributed by atoms with Gasteiger partial charge in [-0.05, 0) is 37.1 Å². The smallest absolute Gasteiger partial charge is 0.407 e. The van der Waals surface area contributed by atoms with E-state index < -0.39 is 12.1 Å². The maximum atomic E-state index is 12.5. The number of carbonyl (C=O) groups excluding carboxylic acids is 2. The van der Waals surface area contributed by atoms with Crippen molar-refractivity contribution in [2.24, 2.45) is 5.92 Å². The van der Waals surface area contributed by atoms with Crippen LogP contribution in [0.4, 0.5) is 4.79 Å². The normalized spacial score (nSPS) is 11.6. The molecule has 1 aromatic rings. The number of hydrogen-bond acceptors (Lipinski definition) is 5. The quantitative estimate of drug-likeness (QED) is 0.738. The Hall–Kier alpha value is -2.44. The molecule has 0 saturated carbocycles. The third kappa shape index (κ3) is 6.91. The van der Waals surface area contributed by atoms with Gasteiger partial charge in [-0.25, -0.2) is 4.79 Å². The van der Waals surface area contributed by atoms with Crippen LogP contribution in [0.25, 0.3) is 0 Å². The van der Waals surface area contributed by atoms with Crippen LogP contribution in [0.2, 0.25) is 0 Å². The second-order valence-corrected chi connectivity index (χ2v) is 5.87. The number of amides is 2. The Labute approximate surface area is 149 Å². The molecule has 0 aliphatic rings. The summed E-state index contributed by atoms with van der Waals surface area (Å²) in [5.41, 5.74) is 0. The van der Waals surface area contributed by atoms with Crippen LogP contribution in [-0.2, 0) is 9.53 Å². The average Bonchev–Trinajstić information content (AvgIpc) is 2.59. The molecule has 0 aliphatic heterocycles. The molecule has 25 heavy (non-hydrogen) atoms. The van der Waals surface area contributed by atoms with Crippen LogP contribution in [0.1, 0.15) is 20.8 Å². The lowest BCUT2D eigenvalue weighted by Crippen LogP contribution is -2.51. The minimum atomic E-state index is -0.634. The van der Waals surface area contributed by atoms with Crippen molar-refractivity contribution in [3.05, 3.63) is 24.3 Å². The molecule has 0 aromatic heterocycles. The Morgan fingerprint density at radius 2 is 1.76 bits per heavy atom. The first-order chi connectivity index (χ1) is 11.9. The van der Waals surface area contributed by atoms with E-state index in [1.807, 2.05) is 26.0 Å². The fourth-order valence-corrected chi connectivity index (χ4v) is 2.13. The number of methoxy groups -OCH3 is 1. The molecule has 1 N–H and O–H groups in total. The first-order valence-electron chi connectivity index (χ1n) is 8.34. The summed E-state index contributed by atoms with van der Waals surface area (Å²) in [5, 5.41) is 2.61. The first kappa shape index (κ1) is 20.6. The minimum Gasteiger partial charge on any atom is -0.497 e. The van der Waals surface area contributed by atoms with E-state index in [0.717, 1.165) is 5.75 Å². The molecule has 1 rings (SSSR count). The summed E-state index contributed by atoms with van der Waals surface area (Å²) in [6.45, 7) is 6.47. The molecule has 0 saturated heterocycles. The zero-order chi connectivity index (χ0) is 18.8. The van der Waals surface area contributed by atoms with Crippen molar-refractivity contribution in [3.63, 3.8) is 0 Å². The van der Waals surface area contributed by atoms with Crippen LogP contribution in [0.5, 0.6) is 11.5 Å². The Kier molecular flexibility index (Phi) is 8.60. The number of ether oxygens (including phenoxy) is 3. The topological polar surface area (TPSA) is 77.1 Å². The van der Waals surface area contributed by atoms with Gasteiger partial charge in [-0.3, -0.25) is 4.79 Å². The molecular formula is C18H28N2O5. The highest BCUT2D eigenvalue weighted by molar-refractivity contribution is 5.85. The lowest BCUT2D eigenvalue weighted by molar-refractivity contribution is -0.133. The fraction of sp³-hybridized carbons (Fsp3) is 0.556. The highest BCUT2D eigenvalue weighted by Crippen LogP contribution is 2.16. The van der Waals surface area contributed by atoms with E-state index in [0.29, 0.717) is 18.9 Å². The van der Waals surface area contributed by atoms with Gasteiger partial charge in [0.15, 0.2) is 0 Å². The predicted molar refractivity (Wildman–Crippen MR) is 94.9 cm³/mol. The number of likely N-dealkylation sites (N-methyl/N-ethyl adjacent to an activating group) is 1. The molecule has 7 nitrogen and oxygen atoms in total. The summed E-state index contributed by atoms with van der Waals surface area (Å²) in [6.07, 6.45) is -0.586. The van der Waals surface area contributed by atoms with Gasteiger partial charge < -0.3 is 24.4 Å². The first-order valence-corrected chi connectivity index (χ1v) is 8.34. The highest BCUT2D eigenvalue weighted by Gasteiger charge is 2.27. The van der Waals surface area contributed by atoms with Gasteiger partial charge in [0, 0.05) is 7.05 Å². The molecule has 140 valence electrons. The number of nitrogens with one attached hydrogen (secondary N) is 1. The van der Waals surface area contributed by atoms with Crippen molar-refractivity contribution >= 4 is 12.0 Å². The number of rotatable bonds is 9. The second-order valence-electron chi connectivity index (χ2n) is 5.87. The SMILES string of the molecule is CCOC(=O)NC(C(=O)N(C)CCOc1ccc(OC)cc1)C(C)C. The molecule has 0 aliphatic carbocycles. The summed E-state index contributed by atoms with van der Waals surface area (Å²) < 4.78 is 15.6. The Bertz CT molecular complexity index is 545. The average molecular weight is 352 g/mol. The molecule has 2 amide bonds. The maximum absolute atomic E-state index is 12.5. The van der Waals surface area contributed by atoms with E-state index >= 15 is 0 Å². The van der Waals surface area contributed by atoms with E-state index in [1.165, 1.54) is 0 Å². The zero-order valence-corrected chi connectivity index (χ0v) is 15.6. The third-order valence-corrected chi connectivity index (χ3v) is 3.61. The van der Waals surface area contributed by atoms with Gasteiger partial charge in [0.2, 0.25) is 5.91 Å². The molecule has 1 atom stereocenters. The van der Waals surface area contributed by atoms with Crippen molar-refractivity contribution in [2.75, 3.05) is 33.9 Å². The van der Waals surface area contributed by atoms with Crippen LogP contribution in [0.15, 0.2) is 24.3 Å². The van der Waals surface area contributed by atoms with Crippen LogP contribution in [0, 0.1) is 5.92 Å². The van der Waals surface area contributed by atoms with Crippen LogP contribution in [0.3, 0.4) is 0 Å². The van der Waals surface area contributed by atoms with Gasteiger partial charge in [-0.15, -0.1) is 0 Å². The molecular weight excluding hydrogens is 324 g/mol. The summed E-state index contributed by atoms with van der Waals surface area (Å²) in [6, 6.07) is 6.59. The minimum absolute atomic E-state index is 0.0538. The Morgan fingerprint density at radius 1 is 1.16 bits per heavy atom. The second kappa shape index (κ2) is 10.4. The van der Waals surface area contributed by atoms with E-state index in [-0.39, 0.29) is 18.4 Å². The number of alkyl carbamates (subject to hydrolysis) is 1. The summed E-state index contributed by atoms with van der Waals surface area (Å²) in [7, 11) is 3.29. The maximum Gasteiger partial charge on any atom is 0.407 e. The number of nitrogens with zero attached hydrogens (tertiary/aromatic N) is 1. The van der Waals surface area contributed by atoms with Crippen molar-refractivity contribution < 1.29 is 23.8 Å². The standard InChI is InChI=1S/C18H28N2O5/c1-6-24-18(22)19-16(13(2)3)17(21)20(4)11-12-25-15-9-7-14(23-5)8-10-15/h7-10,13,16H,6,11-12H2,1-5H3,(H,19,22). The molecule has 0 radical (unpaired) electrons. The zero-order valence-electron chi connectivity index (χ0n) is 15.6. The summed E-state index contributed by atoms with van der Waals surface area (Å²) in [4.78, 5) is 25.7.